The molecule has 0 spiro atoms. The molecule has 3 heteroatoms. The molecule has 0 saturated heterocycles. The minimum atomic E-state index is 0.588. The van der Waals surface area contributed by atoms with Crippen LogP contribution < -0.4 is 0 Å². The molecule has 0 aliphatic rings. The van der Waals surface area contributed by atoms with E-state index in [1.54, 1.807) is 7.11 Å². The van der Waals surface area contributed by atoms with Crippen molar-refractivity contribution >= 4 is 9.76 Å². The first-order chi connectivity index (χ1) is 3.41. The largest absolute Gasteiger partial charge is 0.415 e. The van der Waals surface area contributed by atoms with Gasteiger partial charge in [0.25, 0.3) is 0 Å². The van der Waals surface area contributed by atoms with Crippen LogP contribution in [0.4, 0.5) is 0 Å². The topological polar surface area (TPSA) is 18.5 Å². The Kier molecular flexibility index (Phi) is 6.26. The fourth-order valence-electron chi connectivity index (χ4n) is 0.227. The summed E-state index contributed by atoms with van der Waals surface area (Å²) >= 11 is 0. The summed E-state index contributed by atoms with van der Waals surface area (Å²) in [6.07, 6.45) is 0. The van der Waals surface area contributed by atoms with Gasteiger partial charge in [0.05, 0.1) is 13.2 Å². The minimum absolute atomic E-state index is 0.588. The maximum Gasteiger partial charge on any atom is 0.226 e. The molecule has 0 rings (SSSR count). The van der Waals surface area contributed by atoms with Gasteiger partial charge in [0.2, 0.25) is 9.76 Å². The molecule has 0 bridgehead atoms. The Morgan fingerprint density at radius 2 is 2.14 bits per heavy atom. The highest BCUT2D eigenvalue weighted by Crippen LogP contribution is 1.69. The number of rotatable bonds is 4. The minimum Gasteiger partial charge on any atom is -0.415 e. The fraction of sp³-hybridized carbons (Fsp3) is 1.00. The molecular weight excluding hydrogens is 108 g/mol. The molecule has 0 heterocycles. The van der Waals surface area contributed by atoms with E-state index in [1.165, 1.54) is 0 Å². The number of ether oxygens (including phenoxy) is 1. The lowest BCUT2D eigenvalue weighted by Crippen LogP contribution is -2.02. The Morgan fingerprint density at radius 1 is 1.43 bits per heavy atom. The third kappa shape index (κ3) is 6.14. The van der Waals surface area contributed by atoms with Gasteiger partial charge in [-0.1, -0.05) is 0 Å². The standard InChI is InChI=1S/C4H10O2Si/c1-5-3-4-6-7-2/h3-4H2,1-2H3. The zero-order valence-corrected chi connectivity index (χ0v) is 5.73. The van der Waals surface area contributed by atoms with Gasteiger partial charge in [-0.3, -0.25) is 0 Å². The molecule has 0 N–H and O–H groups in total. The molecule has 7 heavy (non-hydrogen) atoms. The molecule has 0 amide bonds. The van der Waals surface area contributed by atoms with Gasteiger partial charge in [-0.25, -0.2) is 0 Å². The average molecular weight is 118 g/mol. The van der Waals surface area contributed by atoms with Crippen LogP contribution in [-0.4, -0.2) is 30.1 Å². The van der Waals surface area contributed by atoms with Crippen LogP contribution in [0.1, 0.15) is 0 Å². The summed E-state index contributed by atoms with van der Waals surface area (Å²) in [6.45, 7) is 3.43. The molecular formula is C4H10O2Si. The lowest BCUT2D eigenvalue weighted by atomic mass is 10.8. The maximum atomic E-state index is 4.98. The summed E-state index contributed by atoms with van der Waals surface area (Å²) in [6, 6.07) is 0. The fourth-order valence-corrected chi connectivity index (χ4v) is 0.515. The second-order valence-corrected chi connectivity index (χ2v) is 1.74. The summed E-state index contributed by atoms with van der Waals surface area (Å²) in [5.74, 6) is 0. The SMILES string of the molecule is COCCO[Si]C. The lowest BCUT2D eigenvalue weighted by molar-refractivity contribution is 0.149. The monoisotopic (exact) mass is 118 g/mol. The van der Waals surface area contributed by atoms with E-state index in [-0.39, 0.29) is 0 Å². The summed E-state index contributed by atoms with van der Waals surface area (Å²) in [7, 11) is 2.26. The van der Waals surface area contributed by atoms with E-state index in [2.05, 4.69) is 0 Å². The third-order valence-electron chi connectivity index (χ3n) is 0.534. The van der Waals surface area contributed by atoms with E-state index in [9.17, 15) is 0 Å². The second kappa shape index (κ2) is 6.14. The van der Waals surface area contributed by atoms with E-state index in [1.807, 2.05) is 6.55 Å². The summed E-state index contributed by atoms with van der Waals surface area (Å²) in [5, 5.41) is 0. The Hall–Kier alpha value is 0.137. The van der Waals surface area contributed by atoms with Crippen molar-refractivity contribution in [3.05, 3.63) is 0 Å². The zero-order chi connectivity index (χ0) is 5.54. The second-order valence-electron chi connectivity index (χ2n) is 1.05. The highest BCUT2D eigenvalue weighted by atomic mass is 28.2. The molecule has 0 saturated carbocycles. The van der Waals surface area contributed by atoms with E-state index in [0.717, 1.165) is 6.61 Å². The lowest BCUT2D eigenvalue weighted by Gasteiger charge is -1.95. The van der Waals surface area contributed by atoms with Gasteiger partial charge in [-0.2, -0.15) is 0 Å². The quantitative estimate of drug-likeness (QED) is 0.391. The van der Waals surface area contributed by atoms with Crippen molar-refractivity contribution < 1.29 is 9.16 Å². The van der Waals surface area contributed by atoms with E-state index in [0.29, 0.717) is 16.4 Å². The normalized spacial score (nSPS) is 9.43. The summed E-state index contributed by atoms with van der Waals surface area (Å²) in [5.41, 5.74) is 0. The average Bonchev–Trinajstić information content (AvgIpc) is 1.69. The van der Waals surface area contributed by atoms with Crippen LogP contribution >= 0.6 is 0 Å². The van der Waals surface area contributed by atoms with E-state index < -0.39 is 0 Å². The highest BCUT2D eigenvalue weighted by Gasteiger charge is 1.79. The van der Waals surface area contributed by atoms with Gasteiger partial charge in [-0.05, 0) is 6.55 Å². The molecule has 0 aromatic heterocycles. The van der Waals surface area contributed by atoms with Gasteiger partial charge in [0.15, 0.2) is 0 Å². The molecule has 42 valence electrons. The van der Waals surface area contributed by atoms with Crippen LogP contribution in [-0.2, 0) is 9.16 Å². The Bertz CT molecular complexity index is 28.9. The maximum absolute atomic E-state index is 4.98. The molecule has 2 radical (unpaired) electrons. The summed E-state index contributed by atoms with van der Waals surface area (Å²) in [4.78, 5) is 0. The van der Waals surface area contributed by atoms with Crippen LogP contribution in [0.3, 0.4) is 0 Å². The first-order valence-corrected chi connectivity index (χ1v) is 3.60. The van der Waals surface area contributed by atoms with Crippen molar-refractivity contribution in [3.63, 3.8) is 0 Å². The molecule has 0 aromatic carbocycles. The van der Waals surface area contributed by atoms with Gasteiger partial charge >= 0.3 is 0 Å². The molecule has 0 fully saturated rings. The first kappa shape index (κ1) is 7.14. The molecule has 2 nitrogen and oxygen atoms in total. The van der Waals surface area contributed by atoms with Crippen LogP contribution in [0.5, 0.6) is 0 Å². The van der Waals surface area contributed by atoms with Gasteiger partial charge in [0, 0.05) is 7.11 Å². The van der Waals surface area contributed by atoms with Crippen LogP contribution in [0.2, 0.25) is 6.55 Å². The van der Waals surface area contributed by atoms with Crippen LogP contribution in [0.15, 0.2) is 0 Å². The first-order valence-electron chi connectivity index (χ1n) is 2.19. The number of methoxy groups -OCH3 is 1. The molecule has 0 aromatic rings. The zero-order valence-electron chi connectivity index (χ0n) is 4.73. The predicted octanol–water partition coefficient (Wildman–Crippen LogP) is 0.317. The van der Waals surface area contributed by atoms with Crippen LogP contribution in [0, 0.1) is 0 Å². The summed E-state index contributed by atoms with van der Waals surface area (Å²) < 4.78 is 9.70. The van der Waals surface area contributed by atoms with Gasteiger partial charge in [-0.15, -0.1) is 0 Å². The highest BCUT2D eigenvalue weighted by molar-refractivity contribution is 6.24. The Balaban J connectivity index is 2.45. The molecule has 0 aliphatic heterocycles. The predicted molar refractivity (Wildman–Crippen MR) is 29.4 cm³/mol. The van der Waals surface area contributed by atoms with Crippen molar-refractivity contribution in [1.29, 1.82) is 0 Å². The Labute approximate surface area is 46.8 Å². The number of hydrogen-bond donors (Lipinski definition) is 0. The van der Waals surface area contributed by atoms with Crippen LogP contribution in [0.25, 0.3) is 0 Å². The van der Waals surface area contributed by atoms with E-state index in [4.69, 9.17) is 9.16 Å². The third-order valence-corrected chi connectivity index (χ3v) is 1.03. The molecule has 0 aliphatic carbocycles. The molecule has 0 atom stereocenters. The van der Waals surface area contributed by atoms with Crippen molar-refractivity contribution in [3.8, 4) is 0 Å². The smallest absolute Gasteiger partial charge is 0.226 e. The van der Waals surface area contributed by atoms with Crippen molar-refractivity contribution in [1.82, 2.24) is 0 Å². The Morgan fingerprint density at radius 3 is 2.57 bits per heavy atom. The number of hydrogen-bond acceptors (Lipinski definition) is 2. The van der Waals surface area contributed by atoms with E-state index >= 15 is 0 Å². The van der Waals surface area contributed by atoms with Gasteiger partial charge in [0.1, 0.15) is 0 Å². The molecule has 0 unspecified atom stereocenters. The van der Waals surface area contributed by atoms with Crippen molar-refractivity contribution in [2.75, 3.05) is 20.3 Å². The van der Waals surface area contributed by atoms with Crippen molar-refractivity contribution in [2.45, 2.75) is 6.55 Å². The van der Waals surface area contributed by atoms with Gasteiger partial charge < -0.3 is 9.16 Å². The van der Waals surface area contributed by atoms with Crippen molar-refractivity contribution in [2.24, 2.45) is 0 Å².